The van der Waals surface area contributed by atoms with Crippen molar-refractivity contribution >= 4 is 11.6 Å². The number of nitrogens with one attached hydrogen (secondary N) is 1. The van der Waals surface area contributed by atoms with E-state index in [9.17, 15) is 0 Å². The van der Waals surface area contributed by atoms with Crippen LogP contribution in [0.3, 0.4) is 0 Å². The molecule has 0 radical (unpaired) electrons. The largest absolute Gasteiger partial charge is 0.492 e. The molecule has 0 amide bonds. The summed E-state index contributed by atoms with van der Waals surface area (Å²) in [6.45, 7) is 3.10. The van der Waals surface area contributed by atoms with Crippen molar-refractivity contribution in [3.63, 3.8) is 0 Å². The van der Waals surface area contributed by atoms with E-state index in [0.717, 1.165) is 42.8 Å². The smallest absolute Gasteiger partial charge is 0.138 e. The summed E-state index contributed by atoms with van der Waals surface area (Å²) in [5.41, 5.74) is 1.24. The lowest BCUT2D eigenvalue weighted by molar-refractivity contribution is 0.299. The fourth-order valence-corrected chi connectivity index (χ4v) is 2.98. The standard InChI is InChI=1S/C16H22ClNO/c17-16-14(9-13-3-2-8-18-10-13)4-1-5-15(16)19-11-12-6-7-12/h1,4-5,12-13,18H,2-3,6-11H2. The third kappa shape index (κ3) is 3.64. The van der Waals surface area contributed by atoms with Gasteiger partial charge in [0.25, 0.3) is 0 Å². The molecular weight excluding hydrogens is 258 g/mol. The van der Waals surface area contributed by atoms with E-state index >= 15 is 0 Å². The minimum Gasteiger partial charge on any atom is -0.492 e. The summed E-state index contributed by atoms with van der Waals surface area (Å²) >= 11 is 6.49. The van der Waals surface area contributed by atoms with Crippen LogP contribution >= 0.6 is 11.6 Å². The second kappa shape index (κ2) is 6.15. The maximum atomic E-state index is 6.49. The highest BCUT2D eigenvalue weighted by atomic mass is 35.5. The molecule has 1 atom stereocenters. The van der Waals surface area contributed by atoms with Crippen LogP contribution < -0.4 is 10.1 Å². The molecule has 1 aliphatic carbocycles. The number of rotatable bonds is 5. The van der Waals surface area contributed by atoms with Crippen LogP contribution in [0, 0.1) is 11.8 Å². The van der Waals surface area contributed by atoms with Crippen LogP contribution in [0.2, 0.25) is 5.02 Å². The van der Waals surface area contributed by atoms with Crippen LogP contribution in [0.25, 0.3) is 0 Å². The third-order valence-electron chi connectivity index (χ3n) is 4.12. The summed E-state index contributed by atoms with van der Waals surface area (Å²) in [4.78, 5) is 0. The van der Waals surface area contributed by atoms with Crippen LogP contribution in [-0.4, -0.2) is 19.7 Å². The van der Waals surface area contributed by atoms with E-state index in [1.54, 1.807) is 0 Å². The van der Waals surface area contributed by atoms with Crippen LogP contribution in [0.5, 0.6) is 5.75 Å². The Morgan fingerprint density at radius 3 is 2.84 bits per heavy atom. The van der Waals surface area contributed by atoms with Crippen molar-refractivity contribution in [3.8, 4) is 5.75 Å². The fraction of sp³-hybridized carbons (Fsp3) is 0.625. The van der Waals surface area contributed by atoms with Gasteiger partial charge in [0, 0.05) is 0 Å². The lowest BCUT2D eigenvalue weighted by Crippen LogP contribution is -2.30. The van der Waals surface area contributed by atoms with E-state index in [-0.39, 0.29) is 0 Å². The molecule has 1 aliphatic heterocycles. The molecule has 1 aromatic carbocycles. The zero-order valence-electron chi connectivity index (χ0n) is 11.3. The summed E-state index contributed by atoms with van der Waals surface area (Å²) < 4.78 is 5.84. The average molecular weight is 280 g/mol. The molecule has 1 heterocycles. The van der Waals surface area contributed by atoms with Gasteiger partial charge in [-0.1, -0.05) is 23.7 Å². The Bertz CT molecular complexity index is 425. The molecule has 104 valence electrons. The highest BCUT2D eigenvalue weighted by molar-refractivity contribution is 6.32. The van der Waals surface area contributed by atoms with Crippen LogP contribution in [0.4, 0.5) is 0 Å². The molecule has 2 fully saturated rings. The van der Waals surface area contributed by atoms with Gasteiger partial charge in [-0.25, -0.2) is 0 Å². The van der Waals surface area contributed by atoms with Crippen LogP contribution in [0.1, 0.15) is 31.2 Å². The summed E-state index contributed by atoms with van der Waals surface area (Å²) in [6.07, 6.45) is 6.26. The van der Waals surface area contributed by atoms with Gasteiger partial charge in [-0.15, -0.1) is 0 Å². The number of ether oxygens (including phenoxy) is 1. The highest BCUT2D eigenvalue weighted by Gasteiger charge is 2.23. The number of hydrogen-bond donors (Lipinski definition) is 1. The van der Waals surface area contributed by atoms with Crippen molar-refractivity contribution in [2.75, 3.05) is 19.7 Å². The first kappa shape index (κ1) is 13.3. The second-order valence-corrected chi connectivity index (χ2v) is 6.28. The maximum absolute atomic E-state index is 6.49. The number of piperidine rings is 1. The third-order valence-corrected chi connectivity index (χ3v) is 4.55. The van der Waals surface area contributed by atoms with Gasteiger partial charge in [-0.05, 0) is 68.7 Å². The Hall–Kier alpha value is -0.730. The molecule has 3 heteroatoms. The Balaban J connectivity index is 1.64. The molecule has 2 aliphatic rings. The molecule has 1 N–H and O–H groups in total. The van der Waals surface area contributed by atoms with Crippen molar-refractivity contribution < 1.29 is 4.74 Å². The summed E-state index contributed by atoms with van der Waals surface area (Å²) in [5, 5.41) is 4.29. The lowest BCUT2D eigenvalue weighted by Gasteiger charge is -2.23. The molecule has 1 saturated carbocycles. The molecule has 0 bridgehead atoms. The zero-order valence-corrected chi connectivity index (χ0v) is 12.1. The molecule has 2 nitrogen and oxygen atoms in total. The SMILES string of the molecule is Clc1c(CC2CCCNC2)cccc1OCC1CC1. The first-order chi connectivity index (χ1) is 9.33. The van der Waals surface area contributed by atoms with E-state index in [2.05, 4.69) is 17.4 Å². The normalized spacial score (nSPS) is 23.3. The van der Waals surface area contributed by atoms with Crippen molar-refractivity contribution in [2.24, 2.45) is 11.8 Å². The van der Waals surface area contributed by atoms with Gasteiger partial charge in [0.1, 0.15) is 5.75 Å². The highest BCUT2D eigenvalue weighted by Crippen LogP contribution is 2.34. The summed E-state index contributed by atoms with van der Waals surface area (Å²) in [6, 6.07) is 6.20. The summed E-state index contributed by atoms with van der Waals surface area (Å²) in [5.74, 6) is 2.35. The van der Waals surface area contributed by atoms with Crippen molar-refractivity contribution in [2.45, 2.75) is 32.1 Å². The Morgan fingerprint density at radius 2 is 2.11 bits per heavy atom. The maximum Gasteiger partial charge on any atom is 0.138 e. The molecule has 19 heavy (non-hydrogen) atoms. The molecule has 1 unspecified atom stereocenters. The van der Waals surface area contributed by atoms with E-state index in [4.69, 9.17) is 16.3 Å². The van der Waals surface area contributed by atoms with Gasteiger partial charge in [-0.2, -0.15) is 0 Å². The monoisotopic (exact) mass is 279 g/mol. The predicted octanol–water partition coefficient (Wildman–Crippen LogP) is 3.67. The quantitative estimate of drug-likeness (QED) is 0.888. The molecule has 0 aromatic heterocycles. The van der Waals surface area contributed by atoms with Crippen molar-refractivity contribution in [1.29, 1.82) is 0 Å². The molecule has 3 rings (SSSR count). The second-order valence-electron chi connectivity index (χ2n) is 5.90. The van der Waals surface area contributed by atoms with Crippen LogP contribution in [0.15, 0.2) is 18.2 Å². The van der Waals surface area contributed by atoms with E-state index in [1.165, 1.54) is 31.2 Å². The zero-order chi connectivity index (χ0) is 13.1. The Kier molecular flexibility index (Phi) is 4.29. The van der Waals surface area contributed by atoms with Gasteiger partial charge >= 0.3 is 0 Å². The van der Waals surface area contributed by atoms with Gasteiger partial charge < -0.3 is 10.1 Å². The lowest BCUT2D eigenvalue weighted by atomic mass is 9.92. The van der Waals surface area contributed by atoms with E-state index < -0.39 is 0 Å². The van der Waals surface area contributed by atoms with E-state index in [1.807, 2.05) is 6.07 Å². The number of benzene rings is 1. The molecular formula is C16H22ClNO. The van der Waals surface area contributed by atoms with Crippen molar-refractivity contribution in [3.05, 3.63) is 28.8 Å². The summed E-state index contributed by atoms with van der Waals surface area (Å²) in [7, 11) is 0. The van der Waals surface area contributed by atoms with Gasteiger partial charge in [0.2, 0.25) is 0 Å². The first-order valence-electron chi connectivity index (χ1n) is 7.44. The minimum atomic E-state index is 0.713. The Morgan fingerprint density at radius 1 is 1.21 bits per heavy atom. The number of hydrogen-bond acceptors (Lipinski definition) is 2. The Labute approximate surface area is 120 Å². The minimum absolute atomic E-state index is 0.713. The fourth-order valence-electron chi connectivity index (χ4n) is 2.73. The van der Waals surface area contributed by atoms with Gasteiger partial charge in [0.05, 0.1) is 11.6 Å². The van der Waals surface area contributed by atoms with Crippen molar-refractivity contribution in [1.82, 2.24) is 5.32 Å². The first-order valence-corrected chi connectivity index (χ1v) is 7.81. The number of halogens is 1. The van der Waals surface area contributed by atoms with Crippen LogP contribution in [-0.2, 0) is 6.42 Å². The topological polar surface area (TPSA) is 21.3 Å². The molecule has 1 aromatic rings. The molecule has 0 spiro atoms. The average Bonchev–Trinajstić information content (AvgIpc) is 3.25. The van der Waals surface area contributed by atoms with Gasteiger partial charge in [-0.3, -0.25) is 0 Å². The van der Waals surface area contributed by atoms with E-state index in [0.29, 0.717) is 5.92 Å². The molecule has 1 saturated heterocycles. The predicted molar refractivity (Wildman–Crippen MR) is 79.0 cm³/mol. The van der Waals surface area contributed by atoms with Gasteiger partial charge in [0.15, 0.2) is 0 Å².